The minimum atomic E-state index is -0.471. The van der Waals surface area contributed by atoms with Crippen molar-refractivity contribution >= 4 is 5.97 Å². The first-order chi connectivity index (χ1) is 9.56. The van der Waals surface area contributed by atoms with Gasteiger partial charge in [0.15, 0.2) is 12.3 Å². The van der Waals surface area contributed by atoms with Crippen molar-refractivity contribution in [3.05, 3.63) is 29.1 Å². The second-order valence-corrected chi connectivity index (χ2v) is 4.19. The summed E-state index contributed by atoms with van der Waals surface area (Å²) in [5, 5.41) is 8.06. The topological polar surface area (TPSA) is 84.1 Å². The van der Waals surface area contributed by atoms with Crippen molar-refractivity contribution in [1.82, 2.24) is 24.7 Å². The molecule has 0 aliphatic heterocycles. The van der Waals surface area contributed by atoms with E-state index >= 15 is 0 Å². The summed E-state index contributed by atoms with van der Waals surface area (Å²) in [6, 6.07) is 0. The zero-order chi connectivity index (χ0) is 14.7. The molecule has 0 aliphatic carbocycles. The second kappa shape index (κ2) is 5.72. The maximum absolute atomic E-state index is 11.8. The predicted molar refractivity (Wildman–Crippen MR) is 69.0 cm³/mol. The van der Waals surface area contributed by atoms with Crippen LogP contribution in [0.2, 0.25) is 0 Å². The number of esters is 1. The molecule has 20 heavy (non-hydrogen) atoms. The first-order valence-electron chi connectivity index (χ1n) is 6.21. The fourth-order valence-corrected chi connectivity index (χ4v) is 1.86. The SMILES string of the molecule is CCc1nc(C)n(OCc2cnn(C)n2)c1C(=O)OC. The van der Waals surface area contributed by atoms with Gasteiger partial charge >= 0.3 is 5.97 Å². The molecule has 0 saturated carbocycles. The van der Waals surface area contributed by atoms with E-state index in [-0.39, 0.29) is 6.61 Å². The standard InChI is InChI=1S/C12H17N5O3/c1-5-10-11(12(18)19-4)17(8(2)14-10)20-7-9-6-13-16(3)15-9/h6H,5,7H2,1-4H3. The Labute approximate surface area is 116 Å². The molecule has 2 heterocycles. The van der Waals surface area contributed by atoms with Gasteiger partial charge in [0.25, 0.3) is 0 Å². The number of hydrogen-bond acceptors (Lipinski definition) is 6. The third kappa shape index (κ3) is 2.63. The number of imidazole rings is 1. The molecule has 0 fully saturated rings. The molecular weight excluding hydrogens is 262 g/mol. The predicted octanol–water partition coefficient (Wildman–Crippen LogP) is 0.298. The Balaban J connectivity index is 2.26. The highest BCUT2D eigenvalue weighted by molar-refractivity contribution is 5.88. The summed E-state index contributed by atoms with van der Waals surface area (Å²) in [6.07, 6.45) is 2.22. The molecule has 0 aliphatic rings. The van der Waals surface area contributed by atoms with Crippen molar-refractivity contribution < 1.29 is 14.4 Å². The zero-order valence-electron chi connectivity index (χ0n) is 12.0. The van der Waals surface area contributed by atoms with Gasteiger partial charge in [0, 0.05) is 7.05 Å². The average Bonchev–Trinajstić information content (AvgIpc) is 2.99. The zero-order valence-corrected chi connectivity index (χ0v) is 12.0. The molecular formula is C12H17N5O3. The van der Waals surface area contributed by atoms with E-state index in [1.807, 2.05) is 6.92 Å². The van der Waals surface area contributed by atoms with E-state index in [1.54, 1.807) is 20.2 Å². The van der Waals surface area contributed by atoms with Crippen LogP contribution in [0.15, 0.2) is 6.20 Å². The van der Waals surface area contributed by atoms with Crippen LogP contribution >= 0.6 is 0 Å². The number of aryl methyl sites for hydroxylation is 3. The average molecular weight is 279 g/mol. The Morgan fingerprint density at radius 3 is 2.75 bits per heavy atom. The highest BCUT2D eigenvalue weighted by atomic mass is 16.7. The number of ether oxygens (including phenoxy) is 1. The molecule has 2 aromatic rings. The summed E-state index contributed by atoms with van der Waals surface area (Å²) in [7, 11) is 3.05. The molecule has 108 valence electrons. The molecule has 0 atom stereocenters. The molecule has 0 amide bonds. The van der Waals surface area contributed by atoms with E-state index in [2.05, 4.69) is 15.2 Å². The lowest BCUT2D eigenvalue weighted by Gasteiger charge is -2.10. The number of carbonyl (C=O) groups is 1. The number of rotatable bonds is 5. The molecule has 2 rings (SSSR count). The van der Waals surface area contributed by atoms with Gasteiger partial charge in [0.1, 0.15) is 11.5 Å². The van der Waals surface area contributed by atoms with Gasteiger partial charge in [-0.2, -0.15) is 19.7 Å². The Morgan fingerprint density at radius 1 is 1.45 bits per heavy atom. The smallest absolute Gasteiger partial charge is 0.360 e. The van der Waals surface area contributed by atoms with Gasteiger partial charge in [0.05, 0.1) is 19.0 Å². The lowest BCUT2D eigenvalue weighted by Crippen LogP contribution is -2.20. The molecule has 0 unspecified atom stereocenters. The van der Waals surface area contributed by atoms with Gasteiger partial charge in [0.2, 0.25) is 0 Å². The normalized spacial score (nSPS) is 10.6. The van der Waals surface area contributed by atoms with Gasteiger partial charge < -0.3 is 9.57 Å². The summed E-state index contributed by atoms with van der Waals surface area (Å²) in [4.78, 5) is 23.2. The monoisotopic (exact) mass is 279 g/mol. The molecule has 0 N–H and O–H groups in total. The molecule has 0 spiro atoms. The van der Waals surface area contributed by atoms with Crippen LogP contribution in [0.5, 0.6) is 0 Å². The third-order valence-corrected chi connectivity index (χ3v) is 2.77. The maximum atomic E-state index is 11.8. The lowest BCUT2D eigenvalue weighted by atomic mass is 10.3. The maximum Gasteiger partial charge on any atom is 0.360 e. The molecule has 0 radical (unpaired) electrons. The first kappa shape index (κ1) is 14.0. The van der Waals surface area contributed by atoms with Gasteiger partial charge in [-0.15, -0.1) is 0 Å². The van der Waals surface area contributed by atoms with Crippen LogP contribution < -0.4 is 4.84 Å². The quantitative estimate of drug-likeness (QED) is 0.732. The fourth-order valence-electron chi connectivity index (χ4n) is 1.86. The fraction of sp³-hybridized carbons (Fsp3) is 0.500. The van der Waals surface area contributed by atoms with Crippen molar-refractivity contribution in [1.29, 1.82) is 0 Å². The molecule has 0 bridgehead atoms. The Hall–Kier alpha value is -2.38. The summed E-state index contributed by atoms with van der Waals surface area (Å²) in [6.45, 7) is 3.88. The van der Waals surface area contributed by atoms with Crippen LogP contribution in [0, 0.1) is 6.92 Å². The lowest BCUT2D eigenvalue weighted by molar-refractivity contribution is 0.0468. The van der Waals surface area contributed by atoms with E-state index in [0.29, 0.717) is 29.3 Å². The highest BCUT2D eigenvalue weighted by Gasteiger charge is 2.22. The van der Waals surface area contributed by atoms with E-state index in [1.165, 1.54) is 16.6 Å². The van der Waals surface area contributed by atoms with Crippen molar-refractivity contribution in [3.8, 4) is 0 Å². The number of carbonyl (C=O) groups excluding carboxylic acids is 1. The van der Waals surface area contributed by atoms with E-state index in [4.69, 9.17) is 9.57 Å². The number of nitrogens with zero attached hydrogens (tertiary/aromatic N) is 5. The highest BCUT2D eigenvalue weighted by Crippen LogP contribution is 2.13. The third-order valence-electron chi connectivity index (χ3n) is 2.77. The van der Waals surface area contributed by atoms with Gasteiger partial charge in [-0.25, -0.2) is 9.78 Å². The Bertz CT molecular complexity index is 617. The molecule has 8 heteroatoms. The minimum absolute atomic E-state index is 0.193. The first-order valence-corrected chi connectivity index (χ1v) is 6.21. The van der Waals surface area contributed by atoms with E-state index in [0.717, 1.165) is 0 Å². The van der Waals surface area contributed by atoms with Gasteiger partial charge in [-0.1, -0.05) is 6.92 Å². The van der Waals surface area contributed by atoms with Crippen LogP contribution in [0.25, 0.3) is 0 Å². The van der Waals surface area contributed by atoms with Crippen molar-refractivity contribution in [3.63, 3.8) is 0 Å². The van der Waals surface area contributed by atoms with Crippen LogP contribution in [-0.4, -0.2) is 37.8 Å². The summed E-state index contributed by atoms with van der Waals surface area (Å²) in [5.41, 5.74) is 1.62. The van der Waals surface area contributed by atoms with E-state index in [9.17, 15) is 4.79 Å². The molecule has 0 aromatic carbocycles. The van der Waals surface area contributed by atoms with Crippen molar-refractivity contribution in [2.75, 3.05) is 7.11 Å². The summed E-state index contributed by atoms with van der Waals surface area (Å²) < 4.78 is 6.17. The van der Waals surface area contributed by atoms with Crippen LogP contribution in [0.4, 0.5) is 0 Å². The van der Waals surface area contributed by atoms with Gasteiger partial charge in [-0.3, -0.25) is 0 Å². The molecule has 8 nitrogen and oxygen atoms in total. The Morgan fingerprint density at radius 2 is 2.20 bits per heavy atom. The second-order valence-electron chi connectivity index (χ2n) is 4.19. The van der Waals surface area contributed by atoms with Crippen LogP contribution in [-0.2, 0) is 24.8 Å². The molecule has 2 aromatic heterocycles. The minimum Gasteiger partial charge on any atom is -0.464 e. The molecule has 0 saturated heterocycles. The Kier molecular flexibility index (Phi) is 4.02. The number of methoxy groups -OCH3 is 1. The van der Waals surface area contributed by atoms with Gasteiger partial charge in [-0.05, 0) is 13.3 Å². The largest absolute Gasteiger partial charge is 0.464 e. The number of hydrogen-bond donors (Lipinski definition) is 0. The van der Waals surface area contributed by atoms with Crippen LogP contribution in [0.3, 0.4) is 0 Å². The van der Waals surface area contributed by atoms with Crippen molar-refractivity contribution in [2.24, 2.45) is 7.05 Å². The van der Waals surface area contributed by atoms with E-state index < -0.39 is 5.97 Å². The summed E-state index contributed by atoms with van der Waals surface area (Å²) in [5.74, 6) is 0.118. The van der Waals surface area contributed by atoms with Crippen LogP contribution in [0.1, 0.15) is 34.6 Å². The summed E-state index contributed by atoms with van der Waals surface area (Å²) >= 11 is 0. The van der Waals surface area contributed by atoms with Crippen molar-refractivity contribution in [2.45, 2.75) is 26.9 Å². The number of aromatic nitrogens is 5.